The molecule has 0 radical (unpaired) electrons. The Balaban J connectivity index is 2.31. The maximum absolute atomic E-state index is 10.9. The highest BCUT2D eigenvalue weighted by atomic mass is 127. The van der Waals surface area contributed by atoms with E-state index in [0.29, 0.717) is 11.0 Å². The van der Waals surface area contributed by atoms with Crippen molar-refractivity contribution in [1.29, 1.82) is 0 Å². The summed E-state index contributed by atoms with van der Waals surface area (Å²) in [6.07, 6.45) is 0. The van der Waals surface area contributed by atoms with Crippen LogP contribution in [0.3, 0.4) is 0 Å². The summed E-state index contributed by atoms with van der Waals surface area (Å²) in [5.41, 5.74) is 1.08. The van der Waals surface area contributed by atoms with Crippen LogP contribution in [0.25, 0.3) is 0 Å². The number of benzene rings is 1. The molecule has 0 saturated heterocycles. The number of Topliss-reactive ketones (excluding diaryl/α,β-unsaturated/α-hetero) is 1. The number of rotatable bonds is 5. The lowest BCUT2D eigenvalue weighted by molar-refractivity contribution is -0.121. The molecule has 0 fully saturated rings. The lowest BCUT2D eigenvalue weighted by Crippen LogP contribution is -2.09. The Labute approximate surface area is 105 Å². The molecule has 1 rings (SSSR count). The molecule has 0 spiro atoms. The van der Waals surface area contributed by atoms with Gasteiger partial charge in [-0.05, 0) is 17.7 Å². The lowest BCUT2D eigenvalue weighted by atomic mass is 10.2. The second kappa shape index (κ2) is 6.53. The van der Waals surface area contributed by atoms with E-state index in [0.717, 1.165) is 10.0 Å². The van der Waals surface area contributed by atoms with Crippen LogP contribution >= 0.6 is 38.5 Å². The SMILES string of the molecule is O=C(CI)COCc1ccc(Br)cc1. The highest BCUT2D eigenvalue weighted by molar-refractivity contribution is 14.1. The van der Waals surface area contributed by atoms with Gasteiger partial charge in [-0.1, -0.05) is 50.7 Å². The molecular weight excluding hydrogens is 359 g/mol. The topological polar surface area (TPSA) is 26.3 Å². The van der Waals surface area contributed by atoms with Gasteiger partial charge in [0, 0.05) is 4.47 Å². The standard InChI is InChI=1S/C10H10BrIO2/c11-9-3-1-8(2-4-9)6-14-7-10(13)5-12/h1-4H,5-7H2. The van der Waals surface area contributed by atoms with E-state index in [9.17, 15) is 4.79 Å². The predicted molar refractivity (Wildman–Crippen MR) is 67.7 cm³/mol. The van der Waals surface area contributed by atoms with Crippen molar-refractivity contribution in [2.75, 3.05) is 11.0 Å². The zero-order valence-electron chi connectivity index (χ0n) is 7.50. The van der Waals surface area contributed by atoms with Gasteiger partial charge in [0.05, 0.1) is 11.0 Å². The normalized spacial score (nSPS) is 10.1. The molecule has 0 aliphatic heterocycles. The Hall–Kier alpha value is 0.0600. The second-order valence-electron chi connectivity index (χ2n) is 2.79. The first kappa shape index (κ1) is 12.1. The molecule has 1 aromatic carbocycles. The molecule has 76 valence electrons. The maximum Gasteiger partial charge on any atom is 0.168 e. The van der Waals surface area contributed by atoms with Gasteiger partial charge in [-0.25, -0.2) is 0 Å². The second-order valence-corrected chi connectivity index (χ2v) is 4.47. The molecule has 2 nitrogen and oxygen atoms in total. The monoisotopic (exact) mass is 368 g/mol. The number of hydrogen-bond donors (Lipinski definition) is 0. The molecular formula is C10H10BrIO2. The summed E-state index contributed by atoms with van der Waals surface area (Å²) in [6.45, 7) is 0.703. The fraction of sp³-hybridized carbons (Fsp3) is 0.300. The molecule has 4 heteroatoms. The van der Waals surface area contributed by atoms with Crippen LogP contribution in [0.2, 0.25) is 0 Å². The van der Waals surface area contributed by atoms with E-state index in [2.05, 4.69) is 15.9 Å². The van der Waals surface area contributed by atoms with E-state index in [1.807, 2.05) is 46.9 Å². The van der Waals surface area contributed by atoms with Crippen molar-refractivity contribution in [3.8, 4) is 0 Å². The number of ketones is 1. The van der Waals surface area contributed by atoms with Crippen LogP contribution in [0.1, 0.15) is 5.56 Å². The summed E-state index contributed by atoms with van der Waals surface area (Å²) in [4.78, 5) is 10.9. The predicted octanol–water partition coefficient (Wildman–Crippen LogP) is 2.97. The number of hydrogen-bond acceptors (Lipinski definition) is 2. The van der Waals surface area contributed by atoms with Gasteiger partial charge in [0.25, 0.3) is 0 Å². The van der Waals surface area contributed by atoms with Crippen LogP contribution in [-0.4, -0.2) is 16.8 Å². The molecule has 0 bridgehead atoms. The third-order valence-corrected chi connectivity index (χ3v) is 2.97. The van der Waals surface area contributed by atoms with Gasteiger partial charge in [-0.2, -0.15) is 0 Å². The van der Waals surface area contributed by atoms with Crippen molar-refractivity contribution >= 4 is 44.3 Å². The zero-order valence-corrected chi connectivity index (χ0v) is 11.2. The van der Waals surface area contributed by atoms with Gasteiger partial charge < -0.3 is 4.74 Å². The molecule has 0 aliphatic carbocycles. The third kappa shape index (κ3) is 4.52. The Kier molecular flexibility index (Phi) is 5.66. The van der Waals surface area contributed by atoms with Gasteiger partial charge in [0.15, 0.2) is 5.78 Å². The quantitative estimate of drug-likeness (QED) is 0.590. The van der Waals surface area contributed by atoms with Gasteiger partial charge in [-0.15, -0.1) is 0 Å². The van der Waals surface area contributed by atoms with Crippen LogP contribution < -0.4 is 0 Å². The maximum atomic E-state index is 10.9. The van der Waals surface area contributed by atoms with Crippen LogP contribution in [0.15, 0.2) is 28.7 Å². The largest absolute Gasteiger partial charge is 0.369 e. The van der Waals surface area contributed by atoms with Crippen molar-refractivity contribution in [3.05, 3.63) is 34.3 Å². The summed E-state index contributed by atoms with van der Waals surface area (Å²) in [7, 11) is 0. The number of alkyl halides is 1. The average molecular weight is 369 g/mol. The van der Waals surface area contributed by atoms with Gasteiger partial charge in [0.2, 0.25) is 0 Å². The van der Waals surface area contributed by atoms with Crippen LogP contribution in [0.4, 0.5) is 0 Å². The highest BCUT2D eigenvalue weighted by Crippen LogP contribution is 2.11. The van der Waals surface area contributed by atoms with Crippen LogP contribution in [-0.2, 0) is 16.1 Å². The number of carbonyl (C=O) groups is 1. The minimum Gasteiger partial charge on any atom is -0.369 e. The summed E-state index contributed by atoms with van der Waals surface area (Å²) in [5, 5.41) is 0. The van der Waals surface area contributed by atoms with E-state index in [1.165, 1.54) is 0 Å². The molecule has 0 heterocycles. The minimum atomic E-state index is 0.128. The number of ether oxygens (including phenoxy) is 1. The lowest BCUT2D eigenvalue weighted by Gasteiger charge is -2.02. The summed E-state index contributed by atoms with van der Waals surface area (Å²) < 4.78 is 6.80. The fourth-order valence-electron chi connectivity index (χ4n) is 0.902. The Bertz CT molecular complexity index is 297. The van der Waals surface area contributed by atoms with E-state index in [4.69, 9.17) is 4.74 Å². The highest BCUT2D eigenvalue weighted by Gasteiger charge is 1.99. The molecule has 0 aromatic heterocycles. The Morgan fingerprint density at radius 3 is 2.57 bits per heavy atom. The van der Waals surface area contributed by atoms with Crippen LogP contribution in [0, 0.1) is 0 Å². The Morgan fingerprint density at radius 1 is 1.36 bits per heavy atom. The Morgan fingerprint density at radius 2 is 2.00 bits per heavy atom. The first-order valence-electron chi connectivity index (χ1n) is 4.12. The molecule has 0 unspecified atom stereocenters. The van der Waals surface area contributed by atoms with Gasteiger partial charge >= 0.3 is 0 Å². The van der Waals surface area contributed by atoms with Crippen molar-refractivity contribution in [1.82, 2.24) is 0 Å². The average Bonchev–Trinajstić information content (AvgIpc) is 2.21. The number of halogens is 2. The van der Waals surface area contributed by atoms with Gasteiger partial charge in [-0.3, -0.25) is 4.79 Å². The fourth-order valence-corrected chi connectivity index (χ4v) is 1.39. The molecule has 0 atom stereocenters. The van der Waals surface area contributed by atoms with Crippen molar-refractivity contribution in [2.45, 2.75) is 6.61 Å². The van der Waals surface area contributed by atoms with E-state index < -0.39 is 0 Å². The van der Waals surface area contributed by atoms with E-state index in [-0.39, 0.29) is 12.4 Å². The summed E-state index contributed by atoms with van der Waals surface area (Å²) >= 11 is 5.39. The first-order valence-corrected chi connectivity index (χ1v) is 6.44. The summed E-state index contributed by atoms with van der Waals surface area (Å²) in [5.74, 6) is 0.128. The van der Waals surface area contributed by atoms with E-state index >= 15 is 0 Å². The summed E-state index contributed by atoms with van der Waals surface area (Å²) in [6, 6.07) is 7.86. The molecule has 0 aliphatic rings. The molecule has 14 heavy (non-hydrogen) atoms. The minimum absolute atomic E-state index is 0.128. The first-order chi connectivity index (χ1) is 6.72. The van der Waals surface area contributed by atoms with Crippen molar-refractivity contribution < 1.29 is 9.53 Å². The molecule has 0 amide bonds. The zero-order chi connectivity index (χ0) is 10.4. The number of carbonyl (C=O) groups excluding carboxylic acids is 1. The van der Waals surface area contributed by atoms with Crippen LogP contribution in [0.5, 0.6) is 0 Å². The molecule has 0 N–H and O–H groups in total. The third-order valence-electron chi connectivity index (χ3n) is 1.59. The van der Waals surface area contributed by atoms with E-state index in [1.54, 1.807) is 0 Å². The molecule has 1 aromatic rings. The van der Waals surface area contributed by atoms with Crippen molar-refractivity contribution in [3.63, 3.8) is 0 Å². The van der Waals surface area contributed by atoms with Gasteiger partial charge in [0.1, 0.15) is 6.61 Å². The smallest absolute Gasteiger partial charge is 0.168 e. The van der Waals surface area contributed by atoms with Crippen molar-refractivity contribution in [2.24, 2.45) is 0 Å². The molecule has 0 saturated carbocycles.